The van der Waals surface area contributed by atoms with Crippen molar-refractivity contribution in [1.29, 1.82) is 0 Å². The highest BCUT2D eigenvalue weighted by atomic mass is 16.7. The minimum atomic E-state index is -0.141. The number of aryl methyl sites for hydroxylation is 1. The molecule has 1 rings (SSSR count). The van der Waals surface area contributed by atoms with Crippen molar-refractivity contribution in [2.24, 2.45) is 7.05 Å². The predicted molar refractivity (Wildman–Crippen MR) is 44.5 cm³/mol. The number of hydroxylamine groups is 2. The zero-order valence-corrected chi connectivity index (χ0v) is 7.44. The molecule has 0 aliphatic carbocycles. The summed E-state index contributed by atoms with van der Waals surface area (Å²) >= 11 is 0. The molecule has 1 aromatic heterocycles. The number of nitrogens with zero attached hydrogens (tertiary/aromatic N) is 2. The first-order valence-corrected chi connectivity index (χ1v) is 3.59. The van der Waals surface area contributed by atoms with Crippen LogP contribution < -0.4 is 0 Å². The zero-order chi connectivity index (χ0) is 9.14. The summed E-state index contributed by atoms with van der Waals surface area (Å²) in [5, 5.41) is 1.19. The van der Waals surface area contributed by atoms with Crippen LogP contribution in [0.15, 0.2) is 18.5 Å². The maximum atomic E-state index is 11.4. The van der Waals surface area contributed by atoms with Crippen molar-refractivity contribution in [3.63, 3.8) is 0 Å². The molecule has 0 saturated heterocycles. The van der Waals surface area contributed by atoms with Gasteiger partial charge in [0.1, 0.15) is 0 Å². The van der Waals surface area contributed by atoms with Gasteiger partial charge in [-0.05, 0) is 6.07 Å². The Kier molecular flexibility index (Phi) is 2.50. The van der Waals surface area contributed by atoms with Gasteiger partial charge in [-0.3, -0.25) is 9.63 Å². The molecule has 0 saturated carbocycles. The van der Waals surface area contributed by atoms with E-state index in [9.17, 15) is 4.79 Å². The third kappa shape index (κ3) is 1.65. The van der Waals surface area contributed by atoms with Crippen molar-refractivity contribution < 1.29 is 9.63 Å². The molecule has 1 aromatic rings. The van der Waals surface area contributed by atoms with Crippen LogP contribution in [0.25, 0.3) is 0 Å². The topological polar surface area (TPSA) is 34.5 Å². The minimum absolute atomic E-state index is 0.141. The summed E-state index contributed by atoms with van der Waals surface area (Å²) in [7, 11) is 4.90. The lowest BCUT2D eigenvalue weighted by atomic mass is 10.3. The van der Waals surface area contributed by atoms with Gasteiger partial charge in [0.2, 0.25) is 0 Å². The molecular formula is C8H12N2O2. The maximum absolute atomic E-state index is 11.4. The van der Waals surface area contributed by atoms with E-state index in [1.54, 1.807) is 19.3 Å². The molecule has 1 amide bonds. The molecule has 0 bridgehead atoms. The van der Waals surface area contributed by atoms with Crippen LogP contribution in [0.2, 0.25) is 0 Å². The van der Waals surface area contributed by atoms with Gasteiger partial charge in [-0.25, -0.2) is 5.06 Å². The van der Waals surface area contributed by atoms with E-state index >= 15 is 0 Å². The summed E-state index contributed by atoms with van der Waals surface area (Å²) in [6, 6.07) is 1.75. The van der Waals surface area contributed by atoms with Gasteiger partial charge in [-0.15, -0.1) is 0 Å². The van der Waals surface area contributed by atoms with Gasteiger partial charge in [-0.2, -0.15) is 0 Å². The summed E-state index contributed by atoms with van der Waals surface area (Å²) < 4.78 is 1.82. The van der Waals surface area contributed by atoms with E-state index < -0.39 is 0 Å². The van der Waals surface area contributed by atoms with Crippen LogP contribution in [0.3, 0.4) is 0 Å². The molecule has 12 heavy (non-hydrogen) atoms. The second-order valence-corrected chi connectivity index (χ2v) is 2.55. The highest BCUT2D eigenvalue weighted by molar-refractivity contribution is 5.93. The molecule has 0 unspecified atom stereocenters. The number of amides is 1. The number of carbonyl (C=O) groups excluding carboxylic acids is 1. The van der Waals surface area contributed by atoms with Crippen LogP contribution in [0.1, 0.15) is 10.4 Å². The second kappa shape index (κ2) is 3.40. The zero-order valence-electron chi connectivity index (χ0n) is 7.44. The first-order valence-electron chi connectivity index (χ1n) is 3.59. The van der Waals surface area contributed by atoms with Crippen molar-refractivity contribution >= 4 is 5.91 Å². The lowest BCUT2D eigenvalue weighted by Gasteiger charge is -2.11. The third-order valence-electron chi connectivity index (χ3n) is 1.64. The normalized spacial score (nSPS) is 9.92. The van der Waals surface area contributed by atoms with Crippen LogP contribution in [-0.4, -0.2) is 29.7 Å². The molecule has 0 radical (unpaired) electrons. The van der Waals surface area contributed by atoms with Crippen molar-refractivity contribution in [3.8, 4) is 0 Å². The molecule has 0 spiro atoms. The Labute approximate surface area is 71.3 Å². The van der Waals surface area contributed by atoms with Gasteiger partial charge >= 0.3 is 0 Å². The number of carbonyl (C=O) groups is 1. The number of hydrogen-bond donors (Lipinski definition) is 0. The highest BCUT2D eigenvalue weighted by Gasteiger charge is 2.11. The fourth-order valence-electron chi connectivity index (χ4n) is 0.895. The van der Waals surface area contributed by atoms with Gasteiger partial charge in [0, 0.05) is 26.5 Å². The molecule has 0 aliphatic heterocycles. The van der Waals surface area contributed by atoms with Crippen molar-refractivity contribution in [2.45, 2.75) is 0 Å². The second-order valence-electron chi connectivity index (χ2n) is 2.55. The summed E-state index contributed by atoms with van der Waals surface area (Å²) in [6.45, 7) is 0. The average Bonchev–Trinajstić information content (AvgIpc) is 2.49. The lowest BCUT2D eigenvalue weighted by molar-refractivity contribution is -0.0756. The van der Waals surface area contributed by atoms with Crippen molar-refractivity contribution in [1.82, 2.24) is 9.63 Å². The smallest absolute Gasteiger partial charge is 0.278 e. The van der Waals surface area contributed by atoms with Gasteiger partial charge in [-0.1, -0.05) is 0 Å². The molecule has 66 valence electrons. The third-order valence-corrected chi connectivity index (χ3v) is 1.64. The number of aromatic nitrogens is 1. The maximum Gasteiger partial charge on any atom is 0.278 e. The molecular weight excluding hydrogens is 156 g/mol. The van der Waals surface area contributed by atoms with E-state index in [4.69, 9.17) is 4.84 Å². The highest BCUT2D eigenvalue weighted by Crippen LogP contribution is 2.03. The van der Waals surface area contributed by atoms with Crippen molar-refractivity contribution in [2.75, 3.05) is 14.2 Å². The van der Waals surface area contributed by atoms with Crippen molar-refractivity contribution in [3.05, 3.63) is 24.0 Å². The van der Waals surface area contributed by atoms with Gasteiger partial charge in [0.05, 0.1) is 12.7 Å². The van der Waals surface area contributed by atoms with E-state index in [0.717, 1.165) is 0 Å². The summed E-state index contributed by atoms with van der Waals surface area (Å²) in [4.78, 5) is 16.1. The fourth-order valence-corrected chi connectivity index (χ4v) is 0.895. The Morgan fingerprint density at radius 2 is 2.33 bits per heavy atom. The quantitative estimate of drug-likeness (QED) is 0.608. The average molecular weight is 168 g/mol. The van der Waals surface area contributed by atoms with Gasteiger partial charge in [0.15, 0.2) is 0 Å². The van der Waals surface area contributed by atoms with E-state index in [1.165, 1.54) is 12.2 Å². The molecule has 0 atom stereocenters. The molecule has 4 heteroatoms. The predicted octanol–water partition coefficient (Wildman–Crippen LogP) is 0.659. The molecule has 0 aliphatic rings. The Balaban J connectivity index is 2.78. The molecule has 4 nitrogen and oxygen atoms in total. The van der Waals surface area contributed by atoms with Gasteiger partial charge in [0.25, 0.3) is 5.91 Å². The van der Waals surface area contributed by atoms with E-state index in [2.05, 4.69) is 0 Å². The van der Waals surface area contributed by atoms with Crippen LogP contribution >= 0.6 is 0 Å². The van der Waals surface area contributed by atoms with Crippen LogP contribution in [0.5, 0.6) is 0 Å². The SMILES string of the molecule is CON(C)C(=O)c1ccn(C)c1. The fraction of sp³-hybridized carbons (Fsp3) is 0.375. The molecule has 1 heterocycles. The first-order chi connectivity index (χ1) is 5.65. The summed E-state index contributed by atoms with van der Waals surface area (Å²) in [5.41, 5.74) is 0.627. The van der Waals surface area contributed by atoms with E-state index in [-0.39, 0.29) is 5.91 Å². The van der Waals surface area contributed by atoms with E-state index in [1.807, 2.05) is 17.8 Å². The van der Waals surface area contributed by atoms with Crippen LogP contribution in [-0.2, 0) is 11.9 Å². The van der Waals surface area contributed by atoms with Crippen LogP contribution in [0, 0.1) is 0 Å². The molecule has 0 fully saturated rings. The standard InChI is InChI=1S/C8H12N2O2/c1-9-5-4-7(6-9)8(11)10(2)12-3/h4-6H,1-3H3. The Bertz CT molecular complexity index is 280. The monoisotopic (exact) mass is 168 g/mol. The first kappa shape index (κ1) is 8.80. The summed E-state index contributed by atoms with van der Waals surface area (Å²) in [6.07, 6.45) is 3.56. The largest absolute Gasteiger partial charge is 0.356 e. The number of rotatable bonds is 2. The number of hydrogen-bond acceptors (Lipinski definition) is 2. The van der Waals surface area contributed by atoms with E-state index in [0.29, 0.717) is 5.56 Å². The minimum Gasteiger partial charge on any atom is -0.356 e. The Morgan fingerprint density at radius 1 is 1.67 bits per heavy atom. The molecule has 0 aromatic carbocycles. The Hall–Kier alpha value is -1.29. The summed E-state index contributed by atoms with van der Waals surface area (Å²) in [5.74, 6) is -0.141. The molecule has 0 N–H and O–H groups in total. The Morgan fingerprint density at radius 3 is 2.75 bits per heavy atom. The lowest BCUT2D eigenvalue weighted by Crippen LogP contribution is -2.24. The van der Waals surface area contributed by atoms with Gasteiger partial charge < -0.3 is 4.57 Å². The van der Waals surface area contributed by atoms with Crippen LogP contribution in [0.4, 0.5) is 0 Å².